The molecule has 0 aliphatic carbocycles. The van der Waals surface area contributed by atoms with Crippen molar-refractivity contribution in [1.82, 2.24) is 5.32 Å². The fraction of sp³-hybridized carbons (Fsp3) is 0.111. The van der Waals surface area contributed by atoms with Crippen molar-refractivity contribution >= 4 is 35.0 Å². The first-order chi connectivity index (χ1) is 12.4. The predicted octanol–water partition coefficient (Wildman–Crippen LogP) is 0.865. The van der Waals surface area contributed by atoms with E-state index in [2.05, 4.69) is 16.0 Å². The maximum atomic E-state index is 12.3. The lowest BCUT2D eigenvalue weighted by Crippen LogP contribution is -2.43. The third kappa shape index (κ3) is 3.69. The Labute approximate surface area is 148 Å². The molecule has 1 heterocycles. The summed E-state index contributed by atoms with van der Waals surface area (Å²) in [7, 11) is 0. The zero-order valence-electron chi connectivity index (χ0n) is 13.6. The molecule has 26 heavy (non-hydrogen) atoms. The minimum atomic E-state index is -1.00. The third-order valence-corrected chi connectivity index (χ3v) is 3.89. The molecule has 0 radical (unpaired) electrons. The Kier molecular flexibility index (Phi) is 4.66. The molecule has 3 rings (SSSR count). The molecule has 0 saturated heterocycles. The Hall–Kier alpha value is -3.68. The van der Waals surface area contributed by atoms with Gasteiger partial charge in [0, 0.05) is 11.3 Å². The first-order valence-electron chi connectivity index (χ1n) is 7.84. The molecule has 0 aromatic heterocycles. The number of nitrogens with two attached hydrogens (primary N) is 1. The summed E-state index contributed by atoms with van der Waals surface area (Å²) < 4.78 is 0. The number of benzene rings is 2. The minimum Gasteiger partial charge on any atom is -0.366 e. The summed E-state index contributed by atoms with van der Waals surface area (Å²) in [6, 6.07) is 11.6. The molecule has 5 N–H and O–H groups in total. The highest BCUT2D eigenvalue weighted by molar-refractivity contribution is 6.11. The number of carbonyl (C=O) groups excluding carboxylic acids is 4. The fourth-order valence-corrected chi connectivity index (χ4v) is 2.57. The second-order valence-electron chi connectivity index (χ2n) is 5.75. The standard InChI is InChI=1S/C18H16N4O4/c19-16(24)10-5-7-11(8-6-10)20-15(23)9-14-18(26)21-13-4-2-1-3-12(13)17(25)22-14/h1-8,14H,9H2,(H2,19,24)(H,20,23)(H,21,26)(H,22,25)/t14-/m1/s1. The van der Waals surface area contributed by atoms with Gasteiger partial charge in [0.05, 0.1) is 17.7 Å². The number of carbonyl (C=O) groups is 4. The van der Waals surface area contributed by atoms with Crippen LogP contribution in [-0.4, -0.2) is 29.7 Å². The number of rotatable bonds is 4. The van der Waals surface area contributed by atoms with Crippen molar-refractivity contribution in [1.29, 1.82) is 0 Å². The Morgan fingerprint density at radius 2 is 1.73 bits per heavy atom. The number of anilines is 2. The van der Waals surface area contributed by atoms with Gasteiger partial charge in [-0.1, -0.05) is 12.1 Å². The van der Waals surface area contributed by atoms with Crippen molar-refractivity contribution in [3.63, 3.8) is 0 Å². The molecule has 0 unspecified atom stereocenters. The molecule has 0 saturated carbocycles. The topological polar surface area (TPSA) is 130 Å². The average molecular weight is 352 g/mol. The maximum absolute atomic E-state index is 12.3. The number of hydrogen-bond acceptors (Lipinski definition) is 4. The van der Waals surface area contributed by atoms with Crippen molar-refractivity contribution in [2.75, 3.05) is 10.6 Å². The van der Waals surface area contributed by atoms with Gasteiger partial charge in [0.15, 0.2) is 0 Å². The molecule has 1 atom stereocenters. The molecular formula is C18H16N4O4. The molecule has 1 aliphatic rings. The zero-order chi connectivity index (χ0) is 18.7. The van der Waals surface area contributed by atoms with Gasteiger partial charge in [-0.05, 0) is 36.4 Å². The Morgan fingerprint density at radius 1 is 1.04 bits per heavy atom. The van der Waals surface area contributed by atoms with Crippen LogP contribution in [0.15, 0.2) is 48.5 Å². The largest absolute Gasteiger partial charge is 0.366 e. The van der Waals surface area contributed by atoms with Crippen LogP contribution in [0.1, 0.15) is 27.1 Å². The Morgan fingerprint density at radius 3 is 2.42 bits per heavy atom. The fourth-order valence-electron chi connectivity index (χ4n) is 2.57. The summed E-state index contributed by atoms with van der Waals surface area (Å²) >= 11 is 0. The number of primary amides is 1. The van der Waals surface area contributed by atoms with Crippen LogP contribution < -0.4 is 21.7 Å². The van der Waals surface area contributed by atoms with Crippen LogP contribution in [0, 0.1) is 0 Å². The number of amides is 4. The molecule has 1 aliphatic heterocycles. The normalized spacial score (nSPS) is 15.9. The monoisotopic (exact) mass is 352 g/mol. The molecule has 132 valence electrons. The third-order valence-electron chi connectivity index (χ3n) is 3.89. The van der Waals surface area contributed by atoms with E-state index in [1.165, 1.54) is 24.3 Å². The minimum absolute atomic E-state index is 0.233. The molecular weight excluding hydrogens is 336 g/mol. The van der Waals surface area contributed by atoms with Gasteiger partial charge >= 0.3 is 0 Å². The van der Waals surface area contributed by atoms with E-state index in [1.54, 1.807) is 24.3 Å². The van der Waals surface area contributed by atoms with E-state index < -0.39 is 29.7 Å². The highest BCUT2D eigenvalue weighted by atomic mass is 16.2. The van der Waals surface area contributed by atoms with E-state index in [-0.39, 0.29) is 6.42 Å². The van der Waals surface area contributed by atoms with Gasteiger partial charge in [0.2, 0.25) is 17.7 Å². The van der Waals surface area contributed by atoms with E-state index in [4.69, 9.17) is 5.73 Å². The summed E-state index contributed by atoms with van der Waals surface area (Å²) in [6.07, 6.45) is -0.233. The molecule has 0 bridgehead atoms. The lowest BCUT2D eigenvalue weighted by molar-refractivity contribution is -0.122. The van der Waals surface area contributed by atoms with Crippen LogP contribution in [0.4, 0.5) is 11.4 Å². The number of para-hydroxylation sites is 1. The zero-order valence-corrected chi connectivity index (χ0v) is 13.6. The van der Waals surface area contributed by atoms with E-state index >= 15 is 0 Å². The van der Waals surface area contributed by atoms with Gasteiger partial charge in [-0.15, -0.1) is 0 Å². The lowest BCUT2D eigenvalue weighted by Gasteiger charge is -2.14. The van der Waals surface area contributed by atoms with Gasteiger partial charge in [0.1, 0.15) is 6.04 Å². The van der Waals surface area contributed by atoms with Crippen molar-refractivity contribution in [3.8, 4) is 0 Å². The summed E-state index contributed by atoms with van der Waals surface area (Å²) in [5, 5.41) is 7.80. The summed E-state index contributed by atoms with van der Waals surface area (Å²) in [6.45, 7) is 0. The second kappa shape index (κ2) is 7.06. The number of fused-ring (bicyclic) bond motifs is 1. The van der Waals surface area contributed by atoms with Crippen LogP contribution in [0.3, 0.4) is 0 Å². The van der Waals surface area contributed by atoms with Crippen molar-refractivity contribution < 1.29 is 19.2 Å². The van der Waals surface area contributed by atoms with Crippen molar-refractivity contribution in [2.24, 2.45) is 5.73 Å². The summed E-state index contributed by atoms with van der Waals surface area (Å²) in [5.74, 6) is -1.92. The predicted molar refractivity (Wildman–Crippen MR) is 94.5 cm³/mol. The van der Waals surface area contributed by atoms with Gasteiger partial charge in [-0.2, -0.15) is 0 Å². The maximum Gasteiger partial charge on any atom is 0.254 e. The van der Waals surface area contributed by atoms with E-state index in [0.717, 1.165) is 0 Å². The van der Waals surface area contributed by atoms with E-state index in [0.29, 0.717) is 22.5 Å². The van der Waals surface area contributed by atoms with E-state index in [1.807, 2.05) is 0 Å². The second-order valence-corrected chi connectivity index (χ2v) is 5.75. The Balaban J connectivity index is 1.66. The lowest BCUT2D eigenvalue weighted by atomic mass is 10.1. The van der Waals surface area contributed by atoms with Gasteiger partial charge in [-0.25, -0.2) is 0 Å². The summed E-state index contributed by atoms with van der Waals surface area (Å²) in [5.41, 5.74) is 6.66. The molecule has 0 spiro atoms. The van der Waals surface area contributed by atoms with Crippen LogP contribution in [-0.2, 0) is 9.59 Å². The van der Waals surface area contributed by atoms with E-state index in [9.17, 15) is 19.2 Å². The molecule has 8 heteroatoms. The molecule has 4 amide bonds. The Bertz CT molecular complexity index is 892. The first kappa shape index (κ1) is 17.2. The molecule has 2 aromatic carbocycles. The quantitative estimate of drug-likeness (QED) is 0.650. The van der Waals surface area contributed by atoms with Crippen LogP contribution in [0.2, 0.25) is 0 Å². The smallest absolute Gasteiger partial charge is 0.254 e. The summed E-state index contributed by atoms with van der Waals surface area (Å²) in [4.78, 5) is 47.7. The van der Waals surface area contributed by atoms with Gasteiger partial charge in [-0.3, -0.25) is 19.2 Å². The van der Waals surface area contributed by atoms with Crippen molar-refractivity contribution in [2.45, 2.75) is 12.5 Å². The number of hydrogen-bond donors (Lipinski definition) is 4. The SMILES string of the molecule is NC(=O)c1ccc(NC(=O)C[C@H]2NC(=O)c3ccccc3NC2=O)cc1. The molecule has 8 nitrogen and oxygen atoms in total. The van der Waals surface area contributed by atoms with Crippen LogP contribution in [0.25, 0.3) is 0 Å². The number of nitrogens with one attached hydrogen (secondary N) is 3. The molecule has 0 fully saturated rings. The van der Waals surface area contributed by atoms with Gasteiger partial charge in [0.25, 0.3) is 5.91 Å². The van der Waals surface area contributed by atoms with Crippen LogP contribution in [0.5, 0.6) is 0 Å². The van der Waals surface area contributed by atoms with Gasteiger partial charge < -0.3 is 21.7 Å². The highest BCUT2D eigenvalue weighted by Gasteiger charge is 2.29. The molecule has 2 aromatic rings. The van der Waals surface area contributed by atoms with Crippen LogP contribution >= 0.6 is 0 Å². The first-order valence-corrected chi connectivity index (χ1v) is 7.84. The van der Waals surface area contributed by atoms with Crippen molar-refractivity contribution in [3.05, 3.63) is 59.7 Å². The highest BCUT2D eigenvalue weighted by Crippen LogP contribution is 2.19. The average Bonchev–Trinajstić information content (AvgIpc) is 2.72.